The molecule has 0 unspecified atom stereocenters. The highest BCUT2D eigenvalue weighted by Gasteiger charge is 2.25. The number of aldehydes is 1. The molecule has 0 saturated carbocycles. The molecule has 0 rings (SSSR count). The molecule has 4 nitrogen and oxygen atoms in total. The maximum atomic E-state index is 10.7. The van der Waals surface area contributed by atoms with E-state index in [-0.39, 0.29) is 6.61 Å². The number of aliphatic hydroxyl groups excluding tert-OH is 2. The maximum absolute atomic E-state index is 10.7. The molecule has 14 heavy (non-hydrogen) atoms. The number of hydrogen-bond acceptors (Lipinski definition) is 4. The smallest absolute Gasteiger partial charge is 0.183 e. The fourth-order valence-corrected chi connectivity index (χ4v) is 1.51. The predicted molar refractivity (Wildman–Crippen MR) is 56.5 cm³/mol. The van der Waals surface area contributed by atoms with Crippen LogP contribution in [0, 0.1) is 5.92 Å². The van der Waals surface area contributed by atoms with E-state index in [0.29, 0.717) is 0 Å². The van der Waals surface area contributed by atoms with Gasteiger partial charge in [0.2, 0.25) is 0 Å². The van der Waals surface area contributed by atoms with Crippen LogP contribution in [0.4, 0.5) is 0 Å². The lowest BCUT2D eigenvalue weighted by Crippen LogP contribution is -2.39. The monoisotopic (exact) mass is 221 g/mol. The second-order valence-electron chi connectivity index (χ2n) is 4.39. The van der Waals surface area contributed by atoms with Gasteiger partial charge in [0.05, 0.1) is 12.7 Å². The van der Waals surface area contributed by atoms with Crippen molar-refractivity contribution < 1.29 is 20.8 Å². The molecule has 3 atom stereocenters. The van der Waals surface area contributed by atoms with Crippen LogP contribution < -0.4 is 0 Å². The first kappa shape index (κ1) is 11.8. The quantitative estimate of drug-likeness (QED) is 0.503. The highest BCUT2D eigenvalue weighted by Crippen LogP contribution is 2.09. The molecule has 2 N–H and O–H groups in total. The second-order valence-corrected chi connectivity index (χ2v) is 8.90. The van der Waals surface area contributed by atoms with E-state index in [9.17, 15) is 15.0 Å². The molecular weight excluding hydrogens is 200 g/mol. The zero-order chi connectivity index (χ0) is 12.2. The molecule has 0 spiro atoms. The Hall–Kier alpha value is -0.233. The standard InChI is InChI=1S/C9H20O4Si/c1-7(5-10)9(12)8(11)6-13-14(2,3)4/h5,7-9,11-12H,6H2,1-4H3/t7-,8+,9-/m0/s1/i5D. The number of aliphatic hydroxyl groups is 2. The van der Waals surface area contributed by atoms with Crippen LogP contribution in [-0.2, 0) is 9.22 Å². The molecule has 0 aromatic carbocycles. The Morgan fingerprint density at radius 3 is 2.36 bits per heavy atom. The van der Waals surface area contributed by atoms with Gasteiger partial charge < -0.3 is 19.4 Å². The van der Waals surface area contributed by atoms with Gasteiger partial charge in [0.1, 0.15) is 13.7 Å². The van der Waals surface area contributed by atoms with Gasteiger partial charge >= 0.3 is 0 Å². The van der Waals surface area contributed by atoms with E-state index in [2.05, 4.69) is 0 Å². The van der Waals surface area contributed by atoms with Crippen molar-refractivity contribution in [3.63, 3.8) is 0 Å². The summed E-state index contributed by atoms with van der Waals surface area (Å²) in [6.07, 6.45) is -3.22. The van der Waals surface area contributed by atoms with Crippen molar-refractivity contribution in [1.82, 2.24) is 0 Å². The second kappa shape index (κ2) is 5.60. The minimum absolute atomic E-state index is 0.00844. The van der Waals surface area contributed by atoms with E-state index in [1.807, 2.05) is 19.6 Å². The van der Waals surface area contributed by atoms with Gasteiger partial charge in [0.25, 0.3) is 0 Å². The number of rotatable bonds is 6. The summed E-state index contributed by atoms with van der Waals surface area (Å²) in [5.74, 6) is -0.884. The average Bonchev–Trinajstić information content (AvgIpc) is 2.10. The third kappa shape index (κ3) is 5.49. The number of carbonyl (C=O) groups excluding carboxylic acids is 1. The van der Waals surface area contributed by atoms with Crippen molar-refractivity contribution in [2.75, 3.05) is 6.61 Å². The summed E-state index contributed by atoms with van der Waals surface area (Å²) in [7, 11) is -1.73. The highest BCUT2D eigenvalue weighted by molar-refractivity contribution is 6.69. The SMILES string of the molecule is [2H]C(=O)[C@H](C)[C@H](O)[C@H](O)CO[Si](C)(C)C. The summed E-state index contributed by atoms with van der Waals surface area (Å²) in [6.45, 7) is 7.31. The van der Waals surface area contributed by atoms with Gasteiger partial charge in [-0.3, -0.25) is 0 Å². The highest BCUT2D eigenvalue weighted by atomic mass is 28.4. The van der Waals surface area contributed by atoms with Crippen LogP contribution in [0.2, 0.25) is 19.6 Å². The van der Waals surface area contributed by atoms with Gasteiger partial charge in [-0.05, 0) is 19.6 Å². The molecule has 0 aliphatic carbocycles. The summed E-state index contributed by atoms with van der Waals surface area (Å²) in [5.41, 5.74) is 0. The van der Waals surface area contributed by atoms with E-state index in [1.165, 1.54) is 6.92 Å². The number of hydrogen-bond donors (Lipinski definition) is 2. The minimum atomic E-state index is -1.73. The van der Waals surface area contributed by atoms with E-state index < -0.39 is 32.7 Å². The summed E-state index contributed by atoms with van der Waals surface area (Å²) >= 11 is 0. The number of carbonyl (C=O) groups is 1. The van der Waals surface area contributed by atoms with E-state index in [0.717, 1.165) is 0 Å². The normalized spacial score (nSPS) is 19.7. The van der Waals surface area contributed by atoms with Crippen LogP contribution >= 0.6 is 0 Å². The molecule has 0 aliphatic rings. The van der Waals surface area contributed by atoms with Crippen molar-refractivity contribution in [3.8, 4) is 0 Å². The van der Waals surface area contributed by atoms with Crippen molar-refractivity contribution >= 4 is 14.6 Å². The molecule has 0 aromatic heterocycles. The van der Waals surface area contributed by atoms with Gasteiger partial charge in [-0.25, -0.2) is 0 Å². The van der Waals surface area contributed by atoms with Crippen LogP contribution in [-0.4, -0.2) is 43.6 Å². The van der Waals surface area contributed by atoms with E-state index >= 15 is 0 Å². The maximum Gasteiger partial charge on any atom is 0.183 e. The summed E-state index contributed by atoms with van der Waals surface area (Å²) in [5, 5.41) is 19.0. The van der Waals surface area contributed by atoms with Gasteiger partial charge in [0.15, 0.2) is 8.32 Å². The van der Waals surface area contributed by atoms with E-state index in [4.69, 9.17) is 5.80 Å². The van der Waals surface area contributed by atoms with Crippen molar-refractivity contribution in [2.45, 2.75) is 38.8 Å². The lowest BCUT2D eigenvalue weighted by Gasteiger charge is -2.24. The molecule has 0 heterocycles. The van der Waals surface area contributed by atoms with Crippen molar-refractivity contribution in [1.29, 1.82) is 0 Å². The minimum Gasteiger partial charge on any atom is -0.415 e. The first-order valence-electron chi connectivity index (χ1n) is 5.15. The van der Waals surface area contributed by atoms with Gasteiger partial charge in [-0.15, -0.1) is 0 Å². The molecule has 0 radical (unpaired) electrons. The third-order valence-corrected chi connectivity index (χ3v) is 2.81. The molecule has 0 saturated heterocycles. The molecule has 0 fully saturated rings. The first-order valence-corrected chi connectivity index (χ1v) is 8.06. The third-order valence-electron chi connectivity index (χ3n) is 1.78. The molecule has 5 heteroatoms. The molecule has 0 amide bonds. The fourth-order valence-electron chi connectivity index (χ4n) is 0.837. The largest absolute Gasteiger partial charge is 0.415 e. The first-order chi connectivity index (χ1) is 6.65. The molecule has 0 aromatic rings. The Kier molecular flexibility index (Phi) is 4.74. The average molecular weight is 221 g/mol. The lowest BCUT2D eigenvalue weighted by atomic mass is 10.0. The fraction of sp³-hybridized carbons (Fsp3) is 0.889. The molecular formula is C9H20O4Si. The van der Waals surface area contributed by atoms with Crippen molar-refractivity contribution in [3.05, 3.63) is 0 Å². The Morgan fingerprint density at radius 1 is 1.50 bits per heavy atom. The van der Waals surface area contributed by atoms with Crippen LogP contribution in [0.25, 0.3) is 0 Å². The summed E-state index contributed by atoms with van der Waals surface area (Å²) < 4.78 is 12.2. The van der Waals surface area contributed by atoms with Crippen molar-refractivity contribution in [2.24, 2.45) is 5.92 Å². The van der Waals surface area contributed by atoms with Crippen LogP contribution in [0.5, 0.6) is 0 Å². The molecule has 0 aliphatic heterocycles. The Bertz CT molecular complexity index is 217. The Balaban J connectivity index is 4.10. The van der Waals surface area contributed by atoms with Crippen LogP contribution in [0.1, 0.15) is 8.29 Å². The van der Waals surface area contributed by atoms with Crippen LogP contribution in [0.15, 0.2) is 0 Å². The lowest BCUT2D eigenvalue weighted by molar-refractivity contribution is -0.117. The van der Waals surface area contributed by atoms with Gasteiger partial charge in [-0.2, -0.15) is 0 Å². The Morgan fingerprint density at radius 2 is 2.00 bits per heavy atom. The Labute approximate surface area is 87.4 Å². The molecule has 0 bridgehead atoms. The van der Waals surface area contributed by atoms with Crippen LogP contribution in [0.3, 0.4) is 0 Å². The topological polar surface area (TPSA) is 66.8 Å². The predicted octanol–water partition coefficient (Wildman–Crippen LogP) is 0.395. The van der Waals surface area contributed by atoms with Gasteiger partial charge in [-0.1, -0.05) is 6.92 Å². The summed E-state index contributed by atoms with van der Waals surface area (Å²) in [6, 6.07) is 0. The molecule has 84 valence electrons. The van der Waals surface area contributed by atoms with Gasteiger partial charge in [0, 0.05) is 5.92 Å². The van der Waals surface area contributed by atoms with E-state index in [1.54, 1.807) is 0 Å². The summed E-state index contributed by atoms with van der Waals surface area (Å²) in [4.78, 5) is 10.7. The zero-order valence-electron chi connectivity index (χ0n) is 10.2. The zero-order valence-corrected chi connectivity index (χ0v) is 10.2.